The standard InChI is InChI=1S/C21H31N3O2S.HI/c1-4-22-20(24-16-21(2,25)19-9-7-15-27-19)23-14-6-5-8-17-10-12-18(26-3)13-11-17;/h7,9-13,15,25H,4-6,8,14,16H2,1-3H3,(H2,22,23,24);1H. The lowest BCUT2D eigenvalue weighted by Crippen LogP contribution is -2.39. The number of aryl methyl sites for hydroxylation is 1. The molecule has 0 fully saturated rings. The number of ether oxygens (including phenoxy) is 1. The lowest BCUT2D eigenvalue weighted by molar-refractivity contribution is 0.0711. The minimum Gasteiger partial charge on any atom is -0.497 e. The fourth-order valence-corrected chi connectivity index (χ4v) is 3.47. The van der Waals surface area contributed by atoms with Gasteiger partial charge in [-0.3, -0.25) is 0 Å². The number of benzene rings is 1. The molecule has 1 aromatic heterocycles. The molecule has 0 bridgehead atoms. The van der Waals surface area contributed by atoms with Crippen LogP contribution in [0.25, 0.3) is 0 Å². The molecule has 0 saturated heterocycles. The molecule has 2 aromatic rings. The van der Waals surface area contributed by atoms with E-state index in [1.165, 1.54) is 5.56 Å². The number of hydrogen-bond donors (Lipinski definition) is 3. The van der Waals surface area contributed by atoms with Crippen LogP contribution in [0.5, 0.6) is 5.75 Å². The summed E-state index contributed by atoms with van der Waals surface area (Å²) in [6.07, 6.45) is 3.20. The predicted molar refractivity (Wildman–Crippen MR) is 129 cm³/mol. The molecular weight excluding hydrogens is 485 g/mol. The summed E-state index contributed by atoms with van der Waals surface area (Å²) in [6.45, 7) is 5.82. The Hall–Kier alpha value is -1.32. The average molecular weight is 517 g/mol. The summed E-state index contributed by atoms with van der Waals surface area (Å²) in [7, 11) is 1.68. The number of methoxy groups -OCH3 is 1. The van der Waals surface area contributed by atoms with E-state index in [0.29, 0.717) is 6.54 Å². The number of unbranched alkanes of at least 4 members (excludes halogenated alkanes) is 1. The number of halogens is 1. The Kier molecular flexibility index (Phi) is 11.5. The molecule has 7 heteroatoms. The molecule has 0 spiro atoms. The fraction of sp³-hybridized carbons (Fsp3) is 0.476. The molecule has 0 amide bonds. The van der Waals surface area contributed by atoms with E-state index in [0.717, 1.165) is 48.9 Å². The van der Waals surface area contributed by atoms with Crippen molar-refractivity contribution in [3.8, 4) is 5.75 Å². The van der Waals surface area contributed by atoms with Crippen LogP contribution in [-0.2, 0) is 12.0 Å². The van der Waals surface area contributed by atoms with Gasteiger partial charge in [0.05, 0.1) is 13.7 Å². The Morgan fingerprint density at radius 1 is 1.18 bits per heavy atom. The summed E-state index contributed by atoms with van der Waals surface area (Å²) in [5.41, 5.74) is 0.383. The van der Waals surface area contributed by atoms with Crippen LogP contribution in [0.1, 0.15) is 37.1 Å². The summed E-state index contributed by atoms with van der Waals surface area (Å²) in [5.74, 6) is 1.64. The van der Waals surface area contributed by atoms with Crippen molar-refractivity contribution in [2.75, 3.05) is 26.7 Å². The molecule has 156 valence electrons. The highest BCUT2D eigenvalue weighted by Crippen LogP contribution is 2.25. The van der Waals surface area contributed by atoms with Gasteiger partial charge < -0.3 is 20.5 Å². The molecule has 0 aliphatic carbocycles. The Balaban J connectivity index is 0.00000392. The van der Waals surface area contributed by atoms with E-state index in [4.69, 9.17) is 4.74 Å². The second kappa shape index (κ2) is 13.0. The van der Waals surface area contributed by atoms with Crippen LogP contribution < -0.4 is 15.4 Å². The fourth-order valence-electron chi connectivity index (χ4n) is 2.69. The van der Waals surface area contributed by atoms with Crippen LogP contribution in [0.3, 0.4) is 0 Å². The van der Waals surface area contributed by atoms with Crippen molar-refractivity contribution in [1.29, 1.82) is 0 Å². The molecule has 0 aliphatic rings. The van der Waals surface area contributed by atoms with Crippen LogP contribution in [0.4, 0.5) is 0 Å². The normalized spacial score (nSPS) is 13.4. The summed E-state index contributed by atoms with van der Waals surface area (Å²) in [4.78, 5) is 5.49. The topological polar surface area (TPSA) is 65.9 Å². The number of rotatable bonds is 10. The van der Waals surface area contributed by atoms with Crippen LogP contribution in [0, 0.1) is 0 Å². The van der Waals surface area contributed by atoms with Gasteiger partial charge >= 0.3 is 0 Å². The third-order valence-corrected chi connectivity index (χ3v) is 5.41. The molecule has 1 heterocycles. The molecule has 1 atom stereocenters. The van der Waals surface area contributed by atoms with E-state index in [-0.39, 0.29) is 24.0 Å². The molecule has 5 nitrogen and oxygen atoms in total. The van der Waals surface area contributed by atoms with Crippen molar-refractivity contribution in [3.05, 3.63) is 52.2 Å². The van der Waals surface area contributed by atoms with E-state index in [1.807, 2.05) is 36.6 Å². The molecule has 1 unspecified atom stereocenters. The number of nitrogens with zero attached hydrogens (tertiary/aromatic N) is 1. The van der Waals surface area contributed by atoms with Crippen molar-refractivity contribution in [3.63, 3.8) is 0 Å². The average Bonchev–Trinajstić information content (AvgIpc) is 3.22. The molecule has 0 radical (unpaired) electrons. The number of aliphatic imine (C=N–C) groups is 1. The highest BCUT2D eigenvalue weighted by Gasteiger charge is 2.23. The number of aliphatic hydroxyl groups is 1. The minimum atomic E-state index is -0.940. The first-order valence-electron chi connectivity index (χ1n) is 9.46. The Labute approximate surface area is 189 Å². The van der Waals surface area contributed by atoms with E-state index < -0.39 is 5.60 Å². The van der Waals surface area contributed by atoms with Crippen molar-refractivity contribution in [1.82, 2.24) is 10.6 Å². The summed E-state index contributed by atoms with van der Waals surface area (Å²) < 4.78 is 5.18. The number of hydrogen-bond acceptors (Lipinski definition) is 4. The zero-order valence-corrected chi connectivity index (χ0v) is 20.1. The van der Waals surface area contributed by atoms with Crippen molar-refractivity contribution in [2.24, 2.45) is 4.99 Å². The van der Waals surface area contributed by atoms with E-state index in [1.54, 1.807) is 25.4 Å². The quantitative estimate of drug-likeness (QED) is 0.192. The van der Waals surface area contributed by atoms with Crippen molar-refractivity contribution < 1.29 is 9.84 Å². The van der Waals surface area contributed by atoms with Gasteiger partial charge in [-0.15, -0.1) is 35.3 Å². The number of guanidine groups is 1. The van der Waals surface area contributed by atoms with Crippen LogP contribution in [0.2, 0.25) is 0 Å². The first-order chi connectivity index (χ1) is 13.0. The van der Waals surface area contributed by atoms with Crippen molar-refractivity contribution in [2.45, 2.75) is 38.7 Å². The monoisotopic (exact) mass is 517 g/mol. The maximum absolute atomic E-state index is 10.6. The second-order valence-corrected chi connectivity index (χ2v) is 7.63. The van der Waals surface area contributed by atoms with Gasteiger partial charge in [0.25, 0.3) is 0 Å². The third-order valence-electron chi connectivity index (χ3n) is 4.29. The maximum atomic E-state index is 10.6. The van der Waals surface area contributed by atoms with Crippen LogP contribution in [-0.4, -0.2) is 37.8 Å². The molecular formula is C21H32IN3O2S. The Bertz CT molecular complexity index is 688. The second-order valence-electron chi connectivity index (χ2n) is 6.68. The number of nitrogens with one attached hydrogen (secondary N) is 2. The molecule has 28 heavy (non-hydrogen) atoms. The predicted octanol–water partition coefficient (Wildman–Crippen LogP) is 4.16. The largest absolute Gasteiger partial charge is 0.497 e. The van der Waals surface area contributed by atoms with Gasteiger partial charge in [-0.2, -0.15) is 0 Å². The smallest absolute Gasteiger partial charge is 0.191 e. The summed E-state index contributed by atoms with van der Waals surface area (Å²) >= 11 is 1.55. The zero-order valence-electron chi connectivity index (χ0n) is 16.9. The summed E-state index contributed by atoms with van der Waals surface area (Å²) in [6, 6.07) is 12.1. The van der Waals surface area contributed by atoms with Gasteiger partial charge in [0, 0.05) is 18.0 Å². The van der Waals surface area contributed by atoms with Gasteiger partial charge in [-0.25, -0.2) is 4.99 Å². The molecule has 3 N–H and O–H groups in total. The summed E-state index contributed by atoms with van der Waals surface area (Å²) in [5, 5.41) is 19.2. The van der Waals surface area contributed by atoms with Crippen LogP contribution in [0.15, 0.2) is 46.8 Å². The molecule has 2 rings (SSSR count). The van der Waals surface area contributed by atoms with Gasteiger partial charge in [-0.05, 0) is 62.3 Å². The number of thiophene rings is 1. The SMILES string of the molecule is CCNC(=NCC(C)(O)c1cccs1)NCCCCc1ccc(OC)cc1.I. The van der Waals surface area contributed by atoms with Crippen molar-refractivity contribution >= 4 is 41.3 Å². The highest BCUT2D eigenvalue weighted by atomic mass is 127. The maximum Gasteiger partial charge on any atom is 0.191 e. The first-order valence-corrected chi connectivity index (χ1v) is 10.3. The highest BCUT2D eigenvalue weighted by molar-refractivity contribution is 14.0. The lowest BCUT2D eigenvalue weighted by atomic mass is 10.1. The Morgan fingerprint density at radius 2 is 1.93 bits per heavy atom. The van der Waals surface area contributed by atoms with Gasteiger partial charge in [0.2, 0.25) is 0 Å². The van der Waals surface area contributed by atoms with Crippen LogP contribution >= 0.6 is 35.3 Å². The van der Waals surface area contributed by atoms with E-state index >= 15 is 0 Å². The third kappa shape index (κ3) is 8.36. The zero-order chi connectivity index (χ0) is 19.5. The Morgan fingerprint density at radius 3 is 2.54 bits per heavy atom. The minimum absolute atomic E-state index is 0. The molecule has 1 aromatic carbocycles. The first kappa shape index (κ1) is 24.7. The van der Waals surface area contributed by atoms with E-state index in [2.05, 4.69) is 27.8 Å². The molecule has 0 saturated carbocycles. The van der Waals surface area contributed by atoms with Gasteiger partial charge in [0.1, 0.15) is 11.4 Å². The lowest BCUT2D eigenvalue weighted by Gasteiger charge is -2.20. The van der Waals surface area contributed by atoms with Gasteiger partial charge in [-0.1, -0.05) is 18.2 Å². The van der Waals surface area contributed by atoms with Gasteiger partial charge in [0.15, 0.2) is 5.96 Å². The van der Waals surface area contributed by atoms with E-state index in [9.17, 15) is 5.11 Å². The molecule has 0 aliphatic heterocycles.